The molecular weight excluding hydrogens is 281 g/mol. The maximum Gasteiger partial charge on any atom is 0.492 e. The lowest BCUT2D eigenvalue weighted by Gasteiger charge is -2.14. The summed E-state index contributed by atoms with van der Waals surface area (Å²) in [5.74, 6) is 0.236. The second-order valence-electron chi connectivity index (χ2n) is 4.88. The normalized spacial score (nSPS) is 16.4. The highest BCUT2D eigenvalue weighted by molar-refractivity contribution is 7.89. The number of rotatable bonds is 5. The number of nitrogens with one attached hydrogen (secondary N) is 1. The molecule has 8 heteroatoms. The van der Waals surface area contributed by atoms with Crippen LogP contribution in [0.1, 0.15) is 25.7 Å². The minimum Gasteiger partial charge on any atom is -0.497 e. The summed E-state index contributed by atoms with van der Waals surface area (Å²) < 4.78 is 32.1. The highest BCUT2D eigenvalue weighted by atomic mass is 32.2. The Kier molecular flexibility index (Phi) is 4.69. The molecular formula is C12H18BNO5S. The summed E-state index contributed by atoms with van der Waals surface area (Å²) in [6.45, 7) is 0. The third kappa shape index (κ3) is 3.32. The first-order valence-electron chi connectivity index (χ1n) is 6.50. The van der Waals surface area contributed by atoms with Crippen molar-refractivity contribution in [2.24, 2.45) is 0 Å². The molecule has 1 aromatic rings. The fraction of sp³-hybridized carbons (Fsp3) is 0.500. The molecule has 110 valence electrons. The number of hydrogen-bond donors (Lipinski definition) is 3. The predicted molar refractivity (Wildman–Crippen MR) is 75.4 cm³/mol. The first-order chi connectivity index (χ1) is 9.44. The Hall–Kier alpha value is -1.09. The topological polar surface area (TPSA) is 95.9 Å². The van der Waals surface area contributed by atoms with Gasteiger partial charge in [-0.25, -0.2) is 13.1 Å². The van der Waals surface area contributed by atoms with Crippen LogP contribution in [0.5, 0.6) is 5.75 Å². The zero-order valence-electron chi connectivity index (χ0n) is 11.2. The van der Waals surface area contributed by atoms with E-state index in [9.17, 15) is 18.5 Å². The molecule has 0 bridgehead atoms. The number of ether oxygens (including phenoxy) is 1. The molecule has 0 radical (unpaired) electrons. The van der Waals surface area contributed by atoms with Crippen molar-refractivity contribution in [1.82, 2.24) is 4.72 Å². The summed E-state index contributed by atoms with van der Waals surface area (Å²) in [5.41, 5.74) is 0.0294. The molecule has 1 saturated carbocycles. The average Bonchev–Trinajstić information content (AvgIpc) is 2.89. The van der Waals surface area contributed by atoms with E-state index in [4.69, 9.17) is 4.74 Å². The Morgan fingerprint density at radius 2 is 1.95 bits per heavy atom. The van der Waals surface area contributed by atoms with Crippen molar-refractivity contribution in [3.8, 4) is 5.75 Å². The molecule has 0 saturated heterocycles. The smallest absolute Gasteiger partial charge is 0.492 e. The average molecular weight is 299 g/mol. The van der Waals surface area contributed by atoms with Crippen molar-refractivity contribution in [2.45, 2.75) is 36.6 Å². The Morgan fingerprint density at radius 3 is 2.50 bits per heavy atom. The molecule has 1 aliphatic carbocycles. The molecule has 0 amide bonds. The number of sulfonamides is 1. The third-order valence-corrected chi connectivity index (χ3v) is 4.98. The largest absolute Gasteiger partial charge is 0.497 e. The van der Waals surface area contributed by atoms with Crippen LogP contribution in [0.25, 0.3) is 0 Å². The molecule has 1 aromatic carbocycles. The summed E-state index contributed by atoms with van der Waals surface area (Å²) in [6, 6.07) is 3.99. The molecule has 2 rings (SSSR count). The predicted octanol–water partition coefficient (Wildman–Crippen LogP) is -0.404. The zero-order valence-corrected chi connectivity index (χ0v) is 12.1. The molecule has 0 spiro atoms. The zero-order chi connectivity index (χ0) is 14.8. The van der Waals surface area contributed by atoms with Crippen LogP contribution in [0.3, 0.4) is 0 Å². The molecule has 1 fully saturated rings. The van der Waals surface area contributed by atoms with Crippen LogP contribution in [-0.2, 0) is 10.0 Å². The third-order valence-electron chi connectivity index (χ3n) is 3.47. The minimum absolute atomic E-state index is 0.00769. The molecule has 20 heavy (non-hydrogen) atoms. The van der Waals surface area contributed by atoms with Gasteiger partial charge in [0.05, 0.1) is 12.0 Å². The highest BCUT2D eigenvalue weighted by Crippen LogP contribution is 2.21. The van der Waals surface area contributed by atoms with E-state index in [1.54, 1.807) is 0 Å². The molecule has 0 heterocycles. The van der Waals surface area contributed by atoms with Gasteiger partial charge >= 0.3 is 7.12 Å². The highest BCUT2D eigenvalue weighted by Gasteiger charge is 2.25. The van der Waals surface area contributed by atoms with Gasteiger partial charge in [-0.05, 0) is 31.0 Å². The second-order valence-corrected chi connectivity index (χ2v) is 6.59. The lowest BCUT2D eigenvalue weighted by atomic mass is 9.79. The van der Waals surface area contributed by atoms with E-state index in [2.05, 4.69) is 4.72 Å². The van der Waals surface area contributed by atoms with Crippen LogP contribution in [0.2, 0.25) is 0 Å². The monoisotopic (exact) mass is 299 g/mol. The number of hydrogen-bond acceptors (Lipinski definition) is 5. The van der Waals surface area contributed by atoms with Gasteiger partial charge in [0.25, 0.3) is 0 Å². The van der Waals surface area contributed by atoms with E-state index in [1.165, 1.54) is 25.3 Å². The van der Waals surface area contributed by atoms with Gasteiger partial charge in [-0.2, -0.15) is 0 Å². The minimum atomic E-state index is -3.65. The summed E-state index contributed by atoms with van der Waals surface area (Å²) in [6.07, 6.45) is 3.72. The lowest BCUT2D eigenvalue weighted by molar-refractivity contribution is 0.403. The summed E-state index contributed by atoms with van der Waals surface area (Å²) in [7, 11) is -4.06. The van der Waals surface area contributed by atoms with Crippen molar-refractivity contribution in [2.75, 3.05) is 7.11 Å². The Labute approximate surface area is 119 Å². The summed E-state index contributed by atoms with van der Waals surface area (Å²) in [4.78, 5) is 0.00769. The SMILES string of the molecule is COc1ccc(S(=O)(=O)NC2CCCC2)cc1B(O)O. The van der Waals surface area contributed by atoms with Gasteiger partial charge in [-0.1, -0.05) is 12.8 Å². The first-order valence-corrected chi connectivity index (χ1v) is 7.99. The fourth-order valence-corrected chi connectivity index (χ4v) is 3.75. The van der Waals surface area contributed by atoms with Gasteiger partial charge in [0.2, 0.25) is 10.0 Å². The Balaban J connectivity index is 2.29. The van der Waals surface area contributed by atoms with Crippen molar-refractivity contribution < 1.29 is 23.2 Å². The van der Waals surface area contributed by atoms with Crippen molar-refractivity contribution in [3.63, 3.8) is 0 Å². The van der Waals surface area contributed by atoms with E-state index in [0.29, 0.717) is 0 Å². The fourth-order valence-electron chi connectivity index (χ4n) is 2.41. The molecule has 0 unspecified atom stereocenters. The summed E-state index contributed by atoms with van der Waals surface area (Å²) in [5, 5.41) is 18.5. The van der Waals surface area contributed by atoms with Gasteiger partial charge in [0.15, 0.2) is 0 Å². The van der Waals surface area contributed by atoms with E-state index < -0.39 is 17.1 Å². The van der Waals surface area contributed by atoms with Crippen LogP contribution in [0, 0.1) is 0 Å². The van der Waals surface area contributed by atoms with E-state index in [1.807, 2.05) is 0 Å². The Morgan fingerprint density at radius 1 is 1.30 bits per heavy atom. The van der Waals surface area contributed by atoms with Crippen LogP contribution in [-0.4, -0.2) is 38.7 Å². The second kappa shape index (κ2) is 6.13. The van der Waals surface area contributed by atoms with Crippen LogP contribution >= 0.6 is 0 Å². The van der Waals surface area contributed by atoms with E-state index >= 15 is 0 Å². The number of methoxy groups -OCH3 is 1. The molecule has 3 N–H and O–H groups in total. The van der Waals surface area contributed by atoms with Gasteiger partial charge < -0.3 is 14.8 Å². The maximum absolute atomic E-state index is 12.2. The van der Waals surface area contributed by atoms with Crippen molar-refractivity contribution in [3.05, 3.63) is 18.2 Å². The van der Waals surface area contributed by atoms with Crippen molar-refractivity contribution >= 4 is 22.6 Å². The van der Waals surface area contributed by atoms with E-state index in [-0.39, 0.29) is 22.1 Å². The van der Waals surface area contributed by atoms with Gasteiger partial charge in [-0.15, -0.1) is 0 Å². The quantitative estimate of drug-likeness (QED) is 0.643. The Bertz CT molecular complexity index is 569. The first kappa shape index (κ1) is 15.3. The lowest BCUT2D eigenvalue weighted by Crippen LogP contribution is -2.35. The maximum atomic E-state index is 12.2. The van der Waals surface area contributed by atoms with E-state index in [0.717, 1.165) is 25.7 Å². The molecule has 1 aliphatic rings. The van der Waals surface area contributed by atoms with Gasteiger partial charge in [0.1, 0.15) is 5.75 Å². The van der Waals surface area contributed by atoms with Gasteiger partial charge in [0, 0.05) is 11.5 Å². The van der Waals surface area contributed by atoms with Crippen LogP contribution in [0.4, 0.5) is 0 Å². The molecule has 0 aromatic heterocycles. The molecule has 6 nitrogen and oxygen atoms in total. The summed E-state index contributed by atoms with van der Waals surface area (Å²) >= 11 is 0. The van der Waals surface area contributed by atoms with Gasteiger partial charge in [-0.3, -0.25) is 0 Å². The standard InChI is InChI=1S/C12H18BNO5S/c1-19-12-7-6-10(8-11(12)13(15)16)20(17,18)14-9-4-2-3-5-9/h6-9,14-16H,2-5H2,1H3. The molecule has 0 aliphatic heterocycles. The van der Waals surface area contributed by atoms with Crippen LogP contribution in [0.15, 0.2) is 23.1 Å². The number of benzene rings is 1. The van der Waals surface area contributed by atoms with Crippen LogP contribution < -0.4 is 14.9 Å². The molecule has 0 atom stereocenters. The van der Waals surface area contributed by atoms with Crippen molar-refractivity contribution in [1.29, 1.82) is 0 Å².